The van der Waals surface area contributed by atoms with Gasteiger partial charge in [0.25, 0.3) is 0 Å². The maximum atomic E-state index is 9.01. The molecule has 0 heterocycles. The summed E-state index contributed by atoms with van der Waals surface area (Å²) in [5.74, 6) is 0. The fourth-order valence-electron chi connectivity index (χ4n) is 0.725. The average Bonchev–Trinajstić information content (AvgIpc) is 1.95. The van der Waals surface area contributed by atoms with Gasteiger partial charge in [0.05, 0.1) is 12.7 Å². The molecular formula is C11H24O2Si. The van der Waals surface area contributed by atoms with Gasteiger partial charge in [-0.05, 0) is 25.1 Å². The lowest BCUT2D eigenvalue weighted by atomic mass is 10.2. The molecule has 0 aliphatic rings. The molecule has 1 atom stereocenters. The second kappa shape index (κ2) is 5.10. The summed E-state index contributed by atoms with van der Waals surface area (Å²) < 4.78 is 5.89. The van der Waals surface area contributed by atoms with Crippen LogP contribution in [0.2, 0.25) is 18.1 Å². The van der Waals surface area contributed by atoms with E-state index in [2.05, 4.69) is 33.9 Å². The fraction of sp³-hybridized carbons (Fsp3) is 0.818. The van der Waals surface area contributed by atoms with Crippen LogP contribution in [0.1, 0.15) is 27.7 Å². The van der Waals surface area contributed by atoms with Crippen molar-refractivity contribution >= 4 is 8.32 Å². The highest BCUT2D eigenvalue weighted by Gasteiger charge is 2.36. The molecule has 0 aromatic rings. The lowest BCUT2D eigenvalue weighted by Crippen LogP contribution is -2.40. The van der Waals surface area contributed by atoms with Crippen LogP contribution in [0.3, 0.4) is 0 Å². The van der Waals surface area contributed by atoms with Crippen molar-refractivity contribution < 1.29 is 9.53 Å². The zero-order valence-corrected chi connectivity index (χ0v) is 11.3. The largest absolute Gasteiger partial charge is 0.413 e. The van der Waals surface area contributed by atoms with Crippen LogP contribution in [-0.2, 0) is 4.43 Å². The highest BCUT2D eigenvalue weighted by molar-refractivity contribution is 6.74. The summed E-state index contributed by atoms with van der Waals surface area (Å²) in [6.07, 6.45) is 3.27. The Kier molecular flexibility index (Phi) is 5.05. The monoisotopic (exact) mass is 216 g/mol. The fourth-order valence-corrected chi connectivity index (χ4v) is 1.67. The van der Waals surface area contributed by atoms with Gasteiger partial charge in [0.15, 0.2) is 8.32 Å². The van der Waals surface area contributed by atoms with E-state index in [1.165, 1.54) is 0 Å². The first-order chi connectivity index (χ1) is 6.17. The van der Waals surface area contributed by atoms with Gasteiger partial charge in [-0.25, -0.2) is 0 Å². The smallest absolute Gasteiger partial charge is 0.192 e. The quantitative estimate of drug-likeness (QED) is 0.578. The zero-order valence-electron chi connectivity index (χ0n) is 10.3. The highest BCUT2D eigenvalue weighted by atomic mass is 28.4. The van der Waals surface area contributed by atoms with Crippen LogP contribution in [0.15, 0.2) is 12.2 Å². The third-order valence-corrected chi connectivity index (χ3v) is 7.26. The number of aliphatic hydroxyl groups excluding tert-OH is 1. The molecule has 14 heavy (non-hydrogen) atoms. The summed E-state index contributed by atoms with van der Waals surface area (Å²) in [7, 11) is -1.61. The molecule has 0 aliphatic carbocycles. The first-order valence-corrected chi connectivity index (χ1v) is 8.06. The van der Waals surface area contributed by atoms with Crippen molar-refractivity contribution in [2.75, 3.05) is 6.61 Å². The molecule has 0 spiro atoms. The third-order valence-electron chi connectivity index (χ3n) is 2.76. The third kappa shape index (κ3) is 4.93. The number of aliphatic hydroxyl groups is 1. The van der Waals surface area contributed by atoms with Gasteiger partial charge in [-0.2, -0.15) is 0 Å². The van der Waals surface area contributed by atoms with Crippen molar-refractivity contribution in [3.05, 3.63) is 12.2 Å². The minimum Gasteiger partial charge on any atom is -0.413 e. The van der Waals surface area contributed by atoms with Crippen molar-refractivity contribution in [2.24, 2.45) is 0 Å². The van der Waals surface area contributed by atoms with Crippen molar-refractivity contribution in [1.29, 1.82) is 0 Å². The summed E-state index contributed by atoms with van der Waals surface area (Å²) in [4.78, 5) is 0. The molecule has 0 aromatic carbocycles. The minimum atomic E-state index is -1.61. The minimum absolute atomic E-state index is 0.256. The van der Waals surface area contributed by atoms with E-state index in [1.54, 1.807) is 13.0 Å². The van der Waals surface area contributed by atoms with Gasteiger partial charge < -0.3 is 9.53 Å². The second-order valence-corrected chi connectivity index (χ2v) is 10.0. The van der Waals surface area contributed by atoms with E-state index in [0.29, 0.717) is 6.61 Å². The SMILES string of the molecule is CC(O)C=CCO[Si](C)(C)C(C)(C)C. The van der Waals surface area contributed by atoms with Crippen LogP contribution in [-0.4, -0.2) is 26.1 Å². The zero-order chi connectivity index (χ0) is 11.4. The molecule has 84 valence electrons. The Labute approximate surface area is 89.1 Å². The molecule has 0 fully saturated rings. The molecule has 0 aliphatic heterocycles. The molecule has 3 heteroatoms. The number of hydrogen-bond donors (Lipinski definition) is 1. The van der Waals surface area contributed by atoms with Gasteiger partial charge in [-0.15, -0.1) is 0 Å². The Bertz CT molecular complexity index is 190. The van der Waals surface area contributed by atoms with Crippen LogP contribution in [0.25, 0.3) is 0 Å². The van der Waals surface area contributed by atoms with Crippen LogP contribution in [0.4, 0.5) is 0 Å². The highest BCUT2D eigenvalue weighted by Crippen LogP contribution is 2.36. The maximum Gasteiger partial charge on any atom is 0.192 e. The summed E-state index contributed by atoms with van der Waals surface area (Å²) in [5.41, 5.74) is 0. The van der Waals surface area contributed by atoms with Crippen LogP contribution < -0.4 is 0 Å². The maximum absolute atomic E-state index is 9.01. The molecule has 0 rings (SSSR count). The molecule has 0 bridgehead atoms. The Morgan fingerprint density at radius 3 is 2.21 bits per heavy atom. The molecule has 0 amide bonds. The molecule has 1 N–H and O–H groups in total. The van der Waals surface area contributed by atoms with E-state index in [-0.39, 0.29) is 11.1 Å². The average molecular weight is 216 g/mol. The number of rotatable bonds is 4. The van der Waals surface area contributed by atoms with Crippen LogP contribution >= 0.6 is 0 Å². The topological polar surface area (TPSA) is 29.5 Å². The van der Waals surface area contributed by atoms with E-state index in [0.717, 1.165) is 0 Å². The second-order valence-electron chi connectivity index (χ2n) is 5.24. The standard InChI is InChI=1S/C11H24O2Si/c1-10(12)8-7-9-13-14(5,6)11(2,3)4/h7-8,10,12H,9H2,1-6H3. The summed E-state index contributed by atoms with van der Waals surface area (Å²) in [5, 5.41) is 9.27. The molecular weight excluding hydrogens is 192 g/mol. The Morgan fingerprint density at radius 2 is 1.86 bits per heavy atom. The van der Waals surface area contributed by atoms with Gasteiger partial charge in [0, 0.05) is 0 Å². The molecule has 0 saturated heterocycles. The van der Waals surface area contributed by atoms with Crippen LogP contribution in [0.5, 0.6) is 0 Å². The van der Waals surface area contributed by atoms with E-state index >= 15 is 0 Å². The Morgan fingerprint density at radius 1 is 1.36 bits per heavy atom. The van der Waals surface area contributed by atoms with E-state index in [1.807, 2.05) is 6.08 Å². The number of hydrogen-bond acceptors (Lipinski definition) is 2. The van der Waals surface area contributed by atoms with Crippen molar-refractivity contribution in [3.63, 3.8) is 0 Å². The first-order valence-electron chi connectivity index (χ1n) is 5.15. The first kappa shape index (κ1) is 13.9. The van der Waals surface area contributed by atoms with Gasteiger partial charge in [-0.1, -0.05) is 32.9 Å². The summed E-state index contributed by atoms with van der Waals surface area (Å²) in [6.45, 7) is 13.5. The molecule has 1 unspecified atom stereocenters. The van der Waals surface area contributed by atoms with E-state index in [9.17, 15) is 0 Å². The van der Waals surface area contributed by atoms with Gasteiger partial charge in [0.1, 0.15) is 0 Å². The van der Waals surface area contributed by atoms with E-state index < -0.39 is 8.32 Å². The molecule has 0 aromatic heterocycles. The molecule has 2 nitrogen and oxygen atoms in total. The van der Waals surface area contributed by atoms with Gasteiger partial charge >= 0.3 is 0 Å². The summed E-state index contributed by atoms with van der Waals surface area (Å²) in [6, 6.07) is 0. The van der Waals surface area contributed by atoms with Crippen molar-refractivity contribution in [1.82, 2.24) is 0 Å². The normalized spacial score (nSPS) is 16.2. The summed E-state index contributed by atoms with van der Waals surface area (Å²) >= 11 is 0. The van der Waals surface area contributed by atoms with Crippen LogP contribution in [0, 0.1) is 0 Å². The van der Waals surface area contributed by atoms with Crippen molar-refractivity contribution in [2.45, 2.75) is 51.9 Å². The predicted octanol–water partition coefficient (Wildman–Crippen LogP) is 2.95. The van der Waals surface area contributed by atoms with Crippen molar-refractivity contribution in [3.8, 4) is 0 Å². The lowest BCUT2D eigenvalue weighted by Gasteiger charge is -2.35. The molecule has 0 radical (unpaired) electrons. The molecule has 0 saturated carbocycles. The van der Waals surface area contributed by atoms with E-state index in [4.69, 9.17) is 9.53 Å². The van der Waals surface area contributed by atoms with Gasteiger partial charge in [-0.3, -0.25) is 0 Å². The van der Waals surface area contributed by atoms with Gasteiger partial charge in [0.2, 0.25) is 0 Å². The predicted molar refractivity (Wildman–Crippen MR) is 64.0 cm³/mol. The lowest BCUT2D eigenvalue weighted by molar-refractivity contribution is 0.242. The Balaban J connectivity index is 4.01. The Hall–Kier alpha value is -0.123.